The number of aliphatic imine (C=N–C) groups is 1. The highest BCUT2D eigenvalue weighted by Gasteiger charge is 2.33. The van der Waals surface area contributed by atoms with Gasteiger partial charge >= 0.3 is 6.09 Å². The molecule has 0 saturated carbocycles. The third-order valence-corrected chi connectivity index (χ3v) is 6.87. The Bertz CT molecular complexity index is 1640. The van der Waals surface area contributed by atoms with Gasteiger partial charge in [0, 0.05) is 19.9 Å². The van der Waals surface area contributed by atoms with E-state index in [-0.39, 0.29) is 18.7 Å². The molecule has 0 fully saturated rings. The van der Waals surface area contributed by atoms with E-state index in [9.17, 15) is 14.4 Å². The minimum Gasteiger partial charge on any atom is -0.444 e. The van der Waals surface area contributed by atoms with E-state index in [4.69, 9.17) is 10.5 Å². The number of amides is 3. The molecule has 0 aromatic heterocycles. The molecular weight excluding hydrogens is 528 g/mol. The first-order valence-corrected chi connectivity index (χ1v) is 14.0. The summed E-state index contributed by atoms with van der Waals surface area (Å²) in [5, 5.41) is 6.93. The second-order valence-corrected chi connectivity index (χ2v) is 11.5. The van der Waals surface area contributed by atoms with Gasteiger partial charge in [-0.05, 0) is 60.4 Å². The number of amidine groups is 1. The summed E-state index contributed by atoms with van der Waals surface area (Å²) in [6.07, 6.45) is -0.301. The minimum absolute atomic E-state index is 0.101. The van der Waals surface area contributed by atoms with E-state index >= 15 is 0 Å². The summed E-state index contributed by atoms with van der Waals surface area (Å²) in [5.74, 6) is -0.886. The number of hydrogen-bond acceptors (Lipinski definition) is 4. The number of likely N-dealkylation sites (N-methyl/N-ethyl adjacent to an activating group) is 1. The zero-order valence-corrected chi connectivity index (χ0v) is 24.8. The van der Waals surface area contributed by atoms with Crippen LogP contribution in [-0.4, -0.2) is 53.4 Å². The zero-order valence-electron chi connectivity index (χ0n) is 24.8. The van der Waals surface area contributed by atoms with Crippen LogP contribution in [0.5, 0.6) is 0 Å². The van der Waals surface area contributed by atoms with Crippen LogP contribution >= 0.6 is 0 Å². The van der Waals surface area contributed by atoms with Gasteiger partial charge in [-0.15, -0.1) is 0 Å². The summed E-state index contributed by atoms with van der Waals surface area (Å²) in [5.41, 5.74) is 6.72. The molecular formula is C34H38N4O4. The Morgan fingerprint density at radius 1 is 0.833 bits per heavy atom. The zero-order chi connectivity index (χ0) is 30.4. The Morgan fingerprint density at radius 2 is 1.33 bits per heavy atom. The number of benzene rings is 4. The van der Waals surface area contributed by atoms with Crippen molar-refractivity contribution < 1.29 is 19.1 Å². The topological polar surface area (TPSA) is 114 Å². The fourth-order valence-corrected chi connectivity index (χ4v) is 4.88. The van der Waals surface area contributed by atoms with Crippen molar-refractivity contribution in [2.75, 3.05) is 7.05 Å². The quantitative estimate of drug-likeness (QED) is 0.219. The molecule has 4 aromatic rings. The second-order valence-electron chi connectivity index (χ2n) is 11.5. The van der Waals surface area contributed by atoms with Crippen LogP contribution in [-0.2, 0) is 27.2 Å². The number of fused-ring (bicyclic) bond motifs is 2. The highest BCUT2D eigenvalue weighted by Crippen LogP contribution is 2.21. The molecule has 8 heteroatoms. The standard InChI is InChI=1S/C34H38N4O4/c1-22(35)36-31(39)30(21-24-15-17-26-11-7-9-13-28(26)19-24)38(5)32(40)29(37-33(41)42-34(2,3)4)20-23-14-16-25-10-6-8-12-27(25)18-23/h6-19,29-30H,20-21H2,1-5H3,(H,37,41)(H2,35,36,39). The highest BCUT2D eigenvalue weighted by molar-refractivity contribution is 5.98. The summed E-state index contributed by atoms with van der Waals surface area (Å²) in [6, 6.07) is 25.7. The molecule has 0 spiro atoms. The second kappa shape index (κ2) is 12.9. The Labute approximate surface area is 246 Å². The maximum atomic E-state index is 14.1. The predicted octanol–water partition coefficient (Wildman–Crippen LogP) is 5.40. The molecule has 0 heterocycles. The van der Waals surface area contributed by atoms with Crippen LogP contribution in [0.25, 0.3) is 21.5 Å². The van der Waals surface area contributed by atoms with Gasteiger partial charge in [-0.2, -0.15) is 4.99 Å². The average molecular weight is 567 g/mol. The molecule has 0 aliphatic heterocycles. The lowest BCUT2D eigenvalue weighted by molar-refractivity contribution is -0.139. The van der Waals surface area contributed by atoms with Crippen molar-refractivity contribution in [3.05, 3.63) is 96.1 Å². The smallest absolute Gasteiger partial charge is 0.408 e. The van der Waals surface area contributed by atoms with Crippen molar-refractivity contribution in [2.24, 2.45) is 10.7 Å². The Hall–Kier alpha value is -4.72. The number of alkyl carbamates (subject to hydrolysis) is 1. The molecule has 4 aromatic carbocycles. The molecule has 218 valence electrons. The van der Waals surface area contributed by atoms with Gasteiger partial charge in [-0.3, -0.25) is 9.59 Å². The van der Waals surface area contributed by atoms with Crippen molar-refractivity contribution in [3.8, 4) is 0 Å². The summed E-state index contributed by atoms with van der Waals surface area (Å²) in [4.78, 5) is 45.6. The molecule has 8 nitrogen and oxygen atoms in total. The first-order chi connectivity index (χ1) is 19.9. The van der Waals surface area contributed by atoms with Gasteiger partial charge in [0.15, 0.2) is 0 Å². The minimum atomic E-state index is -0.999. The van der Waals surface area contributed by atoms with Gasteiger partial charge in [-0.25, -0.2) is 4.79 Å². The van der Waals surface area contributed by atoms with Crippen LogP contribution in [0.2, 0.25) is 0 Å². The highest BCUT2D eigenvalue weighted by atomic mass is 16.6. The van der Waals surface area contributed by atoms with Gasteiger partial charge in [0.2, 0.25) is 5.91 Å². The Morgan fingerprint density at radius 3 is 1.83 bits per heavy atom. The lowest BCUT2D eigenvalue weighted by Gasteiger charge is -2.31. The largest absolute Gasteiger partial charge is 0.444 e. The number of carbonyl (C=O) groups excluding carboxylic acids is 3. The van der Waals surface area contributed by atoms with Gasteiger partial charge in [-0.1, -0.05) is 84.9 Å². The number of hydrogen-bond donors (Lipinski definition) is 2. The molecule has 3 N–H and O–H groups in total. The van der Waals surface area contributed by atoms with E-state index in [0.29, 0.717) is 0 Å². The predicted molar refractivity (Wildman–Crippen MR) is 167 cm³/mol. The van der Waals surface area contributed by atoms with Gasteiger partial charge < -0.3 is 20.7 Å². The fraction of sp³-hybridized carbons (Fsp3) is 0.294. The third-order valence-electron chi connectivity index (χ3n) is 6.87. The molecule has 3 amide bonds. The van der Waals surface area contributed by atoms with Gasteiger partial charge in [0.1, 0.15) is 17.7 Å². The molecule has 42 heavy (non-hydrogen) atoms. The summed E-state index contributed by atoms with van der Waals surface area (Å²) in [7, 11) is 1.55. The molecule has 0 aliphatic carbocycles. The summed E-state index contributed by atoms with van der Waals surface area (Å²) in [6.45, 7) is 6.79. The van der Waals surface area contributed by atoms with E-state index in [1.54, 1.807) is 27.8 Å². The van der Waals surface area contributed by atoms with Crippen LogP contribution in [0.3, 0.4) is 0 Å². The average Bonchev–Trinajstić information content (AvgIpc) is 2.93. The molecule has 0 aliphatic rings. The third kappa shape index (κ3) is 7.94. The number of nitrogens with two attached hydrogens (primary N) is 1. The molecule has 0 bridgehead atoms. The van der Waals surface area contributed by atoms with E-state index in [0.717, 1.165) is 32.7 Å². The van der Waals surface area contributed by atoms with E-state index in [1.807, 2.05) is 84.9 Å². The number of ether oxygens (including phenoxy) is 1. The van der Waals surface area contributed by atoms with Gasteiger partial charge in [0.05, 0.1) is 5.84 Å². The van der Waals surface area contributed by atoms with Gasteiger partial charge in [0.25, 0.3) is 5.91 Å². The van der Waals surface area contributed by atoms with E-state index < -0.39 is 35.6 Å². The van der Waals surface area contributed by atoms with Crippen molar-refractivity contribution >= 4 is 45.3 Å². The number of nitrogens with zero attached hydrogens (tertiary/aromatic N) is 2. The summed E-state index contributed by atoms with van der Waals surface area (Å²) >= 11 is 0. The number of nitrogens with one attached hydrogen (secondary N) is 1. The van der Waals surface area contributed by atoms with Crippen molar-refractivity contribution in [2.45, 2.75) is 58.2 Å². The first kappa shape index (κ1) is 30.2. The lowest BCUT2D eigenvalue weighted by atomic mass is 9.98. The molecule has 4 rings (SSSR count). The van der Waals surface area contributed by atoms with E-state index in [2.05, 4.69) is 10.3 Å². The maximum Gasteiger partial charge on any atom is 0.408 e. The SMILES string of the molecule is CC(N)=NC(=O)C(Cc1ccc2ccccc2c1)N(C)C(=O)C(Cc1ccc2ccccc2c1)NC(=O)OC(C)(C)C. The Balaban J connectivity index is 1.66. The number of rotatable bonds is 8. The molecule has 0 saturated heterocycles. The van der Waals surface area contributed by atoms with Crippen molar-refractivity contribution in [1.82, 2.24) is 10.2 Å². The van der Waals surface area contributed by atoms with Crippen LogP contribution in [0.1, 0.15) is 38.8 Å². The monoisotopic (exact) mass is 566 g/mol. The van der Waals surface area contributed by atoms with Crippen LogP contribution in [0.15, 0.2) is 89.9 Å². The maximum absolute atomic E-state index is 14.1. The fourth-order valence-electron chi connectivity index (χ4n) is 4.88. The van der Waals surface area contributed by atoms with Crippen LogP contribution in [0.4, 0.5) is 4.79 Å². The molecule has 2 unspecified atom stereocenters. The Kier molecular flexibility index (Phi) is 9.25. The normalized spacial score (nSPS) is 13.4. The van der Waals surface area contributed by atoms with Crippen LogP contribution < -0.4 is 11.1 Å². The van der Waals surface area contributed by atoms with Crippen LogP contribution in [0, 0.1) is 0 Å². The van der Waals surface area contributed by atoms with E-state index in [1.165, 1.54) is 11.8 Å². The summed E-state index contributed by atoms with van der Waals surface area (Å²) < 4.78 is 5.48. The molecule has 2 atom stereocenters. The molecule has 0 radical (unpaired) electrons. The lowest BCUT2D eigenvalue weighted by Crippen LogP contribution is -2.54. The first-order valence-electron chi connectivity index (χ1n) is 14.0. The number of carbonyl (C=O) groups is 3. The van der Waals surface area contributed by atoms with Crippen molar-refractivity contribution in [3.63, 3.8) is 0 Å². The van der Waals surface area contributed by atoms with Crippen molar-refractivity contribution in [1.29, 1.82) is 0 Å².